The first-order chi connectivity index (χ1) is 12.5. The summed E-state index contributed by atoms with van der Waals surface area (Å²) in [4.78, 5) is 3.90. The smallest absolute Gasteiger partial charge is 0.473 e. The van der Waals surface area contributed by atoms with Crippen LogP contribution in [0.4, 0.5) is 13.2 Å². The van der Waals surface area contributed by atoms with Crippen molar-refractivity contribution in [1.82, 2.24) is 4.98 Å². The third-order valence-electron chi connectivity index (χ3n) is 4.93. The van der Waals surface area contributed by atoms with Crippen molar-refractivity contribution in [2.24, 2.45) is 0 Å². The number of alkyl halides is 3. The minimum absolute atomic E-state index is 0.0605. The Hall–Kier alpha value is -2.06. The lowest BCUT2D eigenvalue weighted by Crippen LogP contribution is -2.41. The largest absolute Gasteiger partial charge is 0.500 e. The summed E-state index contributed by atoms with van der Waals surface area (Å²) >= 11 is 0. The monoisotopic (exact) mass is 379 g/mol. The van der Waals surface area contributed by atoms with Crippen LogP contribution < -0.4 is 10.2 Å². The van der Waals surface area contributed by atoms with Crippen molar-refractivity contribution in [3.8, 4) is 5.88 Å². The number of hydrogen-bond donors (Lipinski definition) is 0. The molecule has 144 valence electrons. The van der Waals surface area contributed by atoms with E-state index in [0.29, 0.717) is 0 Å². The first-order valence-corrected chi connectivity index (χ1v) is 8.59. The summed E-state index contributed by atoms with van der Waals surface area (Å²) in [5, 5.41) is 0. The molecule has 2 heterocycles. The van der Waals surface area contributed by atoms with Crippen LogP contribution >= 0.6 is 0 Å². The normalized spacial score (nSPS) is 18.6. The van der Waals surface area contributed by atoms with E-state index in [4.69, 9.17) is 14.0 Å². The van der Waals surface area contributed by atoms with E-state index in [-0.39, 0.29) is 17.9 Å². The SMILES string of the molecule is CC1(C)OB(c2cc(C(F)(F)F)cnc2OCc2ccccc2)OC1(C)C. The fourth-order valence-corrected chi connectivity index (χ4v) is 2.61. The molecule has 8 heteroatoms. The molecule has 0 aliphatic carbocycles. The summed E-state index contributed by atoms with van der Waals surface area (Å²) in [6, 6.07) is 10.3. The van der Waals surface area contributed by atoms with Crippen LogP contribution in [-0.2, 0) is 22.1 Å². The van der Waals surface area contributed by atoms with Gasteiger partial charge in [-0.1, -0.05) is 30.3 Å². The molecule has 1 aliphatic heterocycles. The molecular formula is C19H21BF3NO3. The maximum Gasteiger partial charge on any atom is 0.500 e. The Bertz CT molecular complexity index is 794. The van der Waals surface area contributed by atoms with Crippen molar-refractivity contribution in [2.45, 2.75) is 51.7 Å². The van der Waals surface area contributed by atoms with Crippen LogP contribution in [0.25, 0.3) is 0 Å². The van der Waals surface area contributed by atoms with E-state index in [1.807, 2.05) is 58.0 Å². The predicted octanol–water partition coefficient (Wildman–Crippen LogP) is 3.98. The molecule has 4 nitrogen and oxygen atoms in total. The Morgan fingerprint density at radius 3 is 2.19 bits per heavy atom. The van der Waals surface area contributed by atoms with E-state index in [9.17, 15) is 13.2 Å². The Kier molecular flexibility index (Phi) is 4.99. The van der Waals surface area contributed by atoms with E-state index in [2.05, 4.69) is 4.98 Å². The van der Waals surface area contributed by atoms with Gasteiger partial charge in [-0.3, -0.25) is 0 Å². The highest BCUT2D eigenvalue weighted by atomic mass is 19.4. The van der Waals surface area contributed by atoms with Crippen LogP contribution in [0.3, 0.4) is 0 Å². The lowest BCUT2D eigenvalue weighted by atomic mass is 9.79. The molecule has 0 radical (unpaired) electrons. The second-order valence-electron chi connectivity index (χ2n) is 7.48. The number of ether oxygens (including phenoxy) is 1. The standard InChI is InChI=1S/C19H21BF3NO3/c1-17(2)18(3,4)27-20(26-17)15-10-14(19(21,22)23)11-24-16(15)25-12-13-8-6-5-7-9-13/h5-11H,12H2,1-4H3. The lowest BCUT2D eigenvalue weighted by Gasteiger charge is -2.32. The minimum Gasteiger partial charge on any atom is -0.473 e. The van der Waals surface area contributed by atoms with Crippen LogP contribution in [0.1, 0.15) is 38.8 Å². The molecular weight excluding hydrogens is 358 g/mol. The number of pyridine rings is 1. The van der Waals surface area contributed by atoms with Crippen molar-refractivity contribution >= 4 is 12.6 Å². The third kappa shape index (κ3) is 4.11. The van der Waals surface area contributed by atoms with Gasteiger partial charge in [0.15, 0.2) is 0 Å². The fraction of sp³-hybridized carbons (Fsp3) is 0.421. The van der Waals surface area contributed by atoms with Gasteiger partial charge in [0.05, 0.1) is 16.8 Å². The van der Waals surface area contributed by atoms with Gasteiger partial charge in [0, 0.05) is 11.7 Å². The van der Waals surface area contributed by atoms with Crippen molar-refractivity contribution in [3.05, 3.63) is 53.7 Å². The average Bonchev–Trinajstić information content (AvgIpc) is 2.80. The van der Waals surface area contributed by atoms with Crippen LogP contribution in [0.2, 0.25) is 0 Å². The van der Waals surface area contributed by atoms with E-state index < -0.39 is 30.1 Å². The van der Waals surface area contributed by atoms with Crippen LogP contribution in [-0.4, -0.2) is 23.3 Å². The molecule has 1 fully saturated rings. The fourth-order valence-electron chi connectivity index (χ4n) is 2.61. The van der Waals surface area contributed by atoms with Gasteiger partial charge < -0.3 is 14.0 Å². The topological polar surface area (TPSA) is 40.6 Å². The molecule has 0 amide bonds. The van der Waals surface area contributed by atoms with Gasteiger partial charge in [0.25, 0.3) is 0 Å². The van der Waals surface area contributed by atoms with Crippen molar-refractivity contribution < 1.29 is 27.2 Å². The molecule has 1 aromatic heterocycles. The number of benzene rings is 1. The number of hydrogen-bond acceptors (Lipinski definition) is 4. The average molecular weight is 379 g/mol. The minimum atomic E-state index is -4.52. The maximum atomic E-state index is 13.2. The molecule has 0 atom stereocenters. The molecule has 1 aliphatic rings. The second-order valence-corrected chi connectivity index (χ2v) is 7.48. The van der Waals surface area contributed by atoms with Gasteiger partial charge in [-0.05, 0) is 39.3 Å². The Balaban J connectivity index is 1.94. The van der Waals surface area contributed by atoms with Crippen LogP contribution in [0.15, 0.2) is 42.6 Å². The lowest BCUT2D eigenvalue weighted by molar-refractivity contribution is -0.137. The molecule has 0 N–H and O–H groups in total. The molecule has 0 bridgehead atoms. The van der Waals surface area contributed by atoms with Crippen LogP contribution in [0, 0.1) is 0 Å². The van der Waals surface area contributed by atoms with Gasteiger partial charge in [0.1, 0.15) is 6.61 Å². The van der Waals surface area contributed by atoms with Gasteiger partial charge in [-0.25, -0.2) is 4.98 Å². The summed E-state index contributed by atoms with van der Waals surface area (Å²) in [7, 11) is -1.00. The zero-order valence-corrected chi connectivity index (χ0v) is 15.6. The zero-order chi connectivity index (χ0) is 19.9. The van der Waals surface area contributed by atoms with E-state index in [1.165, 1.54) is 0 Å². The van der Waals surface area contributed by atoms with Crippen molar-refractivity contribution in [1.29, 1.82) is 0 Å². The van der Waals surface area contributed by atoms with Gasteiger partial charge in [-0.15, -0.1) is 0 Å². The summed E-state index contributed by atoms with van der Waals surface area (Å²) in [6.45, 7) is 7.50. The second kappa shape index (κ2) is 6.84. The van der Waals surface area contributed by atoms with Crippen molar-refractivity contribution in [2.75, 3.05) is 0 Å². The summed E-state index contributed by atoms with van der Waals surface area (Å²) in [5.41, 5.74) is -1.26. The Morgan fingerprint density at radius 1 is 1.04 bits per heavy atom. The number of aromatic nitrogens is 1. The number of nitrogens with zero attached hydrogens (tertiary/aromatic N) is 1. The Labute approximate surface area is 156 Å². The molecule has 27 heavy (non-hydrogen) atoms. The summed E-state index contributed by atoms with van der Waals surface area (Å²) in [6.07, 6.45) is -3.77. The highest BCUT2D eigenvalue weighted by Crippen LogP contribution is 2.37. The highest BCUT2D eigenvalue weighted by Gasteiger charge is 2.53. The molecule has 2 aromatic rings. The highest BCUT2D eigenvalue weighted by molar-refractivity contribution is 6.63. The first kappa shape index (κ1) is 19.7. The molecule has 1 saturated heterocycles. The Morgan fingerprint density at radius 2 is 1.63 bits per heavy atom. The van der Waals surface area contributed by atoms with E-state index in [1.54, 1.807) is 0 Å². The number of rotatable bonds is 4. The van der Waals surface area contributed by atoms with Gasteiger partial charge in [-0.2, -0.15) is 13.2 Å². The molecule has 0 saturated carbocycles. The van der Waals surface area contributed by atoms with E-state index >= 15 is 0 Å². The zero-order valence-electron chi connectivity index (χ0n) is 15.6. The number of halogens is 3. The maximum absolute atomic E-state index is 13.2. The summed E-state index contributed by atoms with van der Waals surface area (Å²) in [5.74, 6) is 0.0605. The predicted molar refractivity (Wildman–Crippen MR) is 95.7 cm³/mol. The van der Waals surface area contributed by atoms with E-state index in [0.717, 1.165) is 17.8 Å². The van der Waals surface area contributed by atoms with Crippen LogP contribution in [0.5, 0.6) is 5.88 Å². The first-order valence-electron chi connectivity index (χ1n) is 8.59. The van der Waals surface area contributed by atoms with Gasteiger partial charge >= 0.3 is 13.3 Å². The molecule has 3 rings (SSSR count). The van der Waals surface area contributed by atoms with Crippen molar-refractivity contribution in [3.63, 3.8) is 0 Å². The summed E-state index contributed by atoms with van der Waals surface area (Å²) < 4.78 is 57.0. The third-order valence-corrected chi connectivity index (χ3v) is 4.93. The molecule has 0 spiro atoms. The quantitative estimate of drug-likeness (QED) is 0.754. The van der Waals surface area contributed by atoms with Gasteiger partial charge in [0.2, 0.25) is 5.88 Å². The molecule has 0 unspecified atom stereocenters. The molecule has 1 aromatic carbocycles.